The Hall–Kier alpha value is -1.38. The summed E-state index contributed by atoms with van der Waals surface area (Å²) in [5, 5.41) is 0. The van der Waals surface area contributed by atoms with E-state index in [0.29, 0.717) is 5.41 Å². The van der Waals surface area contributed by atoms with Crippen molar-refractivity contribution in [2.45, 2.75) is 70.3 Å². The van der Waals surface area contributed by atoms with Gasteiger partial charge in [-0.05, 0) is 111 Å². The summed E-state index contributed by atoms with van der Waals surface area (Å²) in [4.78, 5) is 8.11. The van der Waals surface area contributed by atoms with E-state index < -0.39 is 0 Å². The Morgan fingerprint density at radius 1 is 0.860 bits per heavy atom. The van der Waals surface area contributed by atoms with Crippen LogP contribution in [0.25, 0.3) is 0 Å². The molecule has 7 heteroatoms. The van der Waals surface area contributed by atoms with Crippen LogP contribution >= 0.6 is 25.7 Å². The standard InChI is InChI=1S/C36H52N4OS.H2S/c1-3-38-26-30-8-4-7-11-35(30)36(27-38,31-9-5-6-10-31)32-18-20-39(21-19-32)23-29-24-40(25-29)33-14-16-34(17-15-33)41-42-37(2)22-28-12-13-28;/h4,7-8,11,14-17,28-29,31-32H,3,5-6,9-10,12-13,18-27H2,1-2H3;1H2. The Kier molecular flexibility index (Phi) is 10.2. The zero-order valence-electron chi connectivity index (χ0n) is 26.6. The molecule has 0 bridgehead atoms. The van der Waals surface area contributed by atoms with Gasteiger partial charge in [0.25, 0.3) is 0 Å². The summed E-state index contributed by atoms with van der Waals surface area (Å²) in [5.41, 5.74) is 5.05. The maximum atomic E-state index is 5.94. The molecule has 3 aliphatic heterocycles. The largest absolute Gasteiger partial charge is 0.409 e. The lowest BCUT2D eigenvalue weighted by Crippen LogP contribution is -2.57. The van der Waals surface area contributed by atoms with Crippen LogP contribution in [-0.2, 0) is 12.0 Å². The van der Waals surface area contributed by atoms with Crippen molar-refractivity contribution < 1.29 is 4.18 Å². The first kappa shape index (κ1) is 31.6. The SMILES string of the molecule is CCN1Cc2ccccc2C(C2CCCC2)(C2CCN(CC3CN(c4ccc(OSN(C)CC5CC5)cc4)C3)CC2)C1.S. The second kappa shape index (κ2) is 13.9. The van der Waals surface area contributed by atoms with Crippen LogP contribution in [0.5, 0.6) is 5.75 Å². The van der Waals surface area contributed by atoms with Gasteiger partial charge in [0.2, 0.25) is 0 Å². The monoisotopic (exact) mass is 622 g/mol. The van der Waals surface area contributed by atoms with Crippen LogP contribution in [0.1, 0.15) is 69.4 Å². The number of piperidine rings is 1. The maximum Gasteiger partial charge on any atom is 0.146 e. The highest BCUT2D eigenvalue weighted by Gasteiger charge is 2.51. The molecule has 4 fully saturated rings. The van der Waals surface area contributed by atoms with Crippen molar-refractivity contribution in [1.82, 2.24) is 14.1 Å². The van der Waals surface area contributed by atoms with Gasteiger partial charge in [0.05, 0.1) is 0 Å². The molecule has 2 aromatic carbocycles. The van der Waals surface area contributed by atoms with E-state index in [4.69, 9.17) is 4.18 Å². The van der Waals surface area contributed by atoms with E-state index in [1.165, 1.54) is 115 Å². The highest BCUT2D eigenvalue weighted by atomic mass is 32.2. The van der Waals surface area contributed by atoms with Gasteiger partial charge in [-0.1, -0.05) is 44.0 Å². The Bertz CT molecular complexity index is 1170. The zero-order chi connectivity index (χ0) is 28.5. The van der Waals surface area contributed by atoms with Gasteiger partial charge in [-0.25, -0.2) is 4.31 Å². The van der Waals surface area contributed by atoms with Crippen molar-refractivity contribution in [3.63, 3.8) is 0 Å². The summed E-state index contributed by atoms with van der Waals surface area (Å²) < 4.78 is 8.16. The second-order valence-electron chi connectivity index (χ2n) is 14.2. The van der Waals surface area contributed by atoms with Crippen LogP contribution in [0, 0.1) is 23.7 Å². The van der Waals surface area contributed by atoms with E-state index in [0.717, 1.165) is 42.5 Å². The van der Waals surface area contributed by atoms with E-state index in [1.54, 1.807) is 11.1 Å². The molecule has 2 saturated heterocycles. The molecule has 0 N–H and O–H groups in total. The molecule has 43 heavy (non-hydrogen) atoms. The smallest absolute Gasteiger partial charge is 0.146 e. The molecule has 1 atom stereocenters. The van der Waals surface area contributed by atoms with Crippen LogP contribution < -0.4 is 9.08 Å². The van der Waals surface area contributed by atoms with Crippen LogP contribution in [0.15, 0.2) is 48.5 Å². The Morgan fingerprint density at radius 2 is 1.56 bits per heavy atom. The second-order valence-corrected chi connectivity index (χ2v) is 15.2. The minimum Gasteiger partial charge on any atom is -0.409 e. The topological polar surface area (TPSA) is 22.2 Å². The van der Waals surface area contributed by atoms with Gasteiger partial charge in [0.1, 0.15) is 18.0 Å². The van der Waals surface area contributed by atoms with Crippen LogP contribution in [0.2, 0.25) is 0 Å². The molecule has 0 radical (unpaired) electrons. The Balaban J connectivity index is 0.00000329. The predicted octanol–water partition coefficient (Wildman–Crippen LogP) is 7.20. The summed E-state index contributed by atoms with van der Waals surface area (Å²) in [6.45, 7) is 13.3. The number of rotatable bonds is 11. The third-order valence-corrected chi connectivity index (χ3v) is 12.1. The molecule has 2 saturated carbocycles. The predicted molar refractivity (Wildman–Crippen MR) is 186 cm³/mol. The molecule has 2 aliphatic carbocycles. The van der Waals surface area contributed by atoms with Crippen molar-refractivity contribution in [3.05, 3.63) is 59.7 Å². The minimum absolute atomic E-state index is 0. The molecule has 236 valence electrons. The lowest BCUT2D eigenvalue weighted by molar-refractivity contribution is 0.0359. The van der Waals surface area contributed by atoms with Gasteiger partial charge < -0.3 is 14.0 Å². The third kappa shape index (κ3) is 6.91. The molecule has 0 amide bonds. The molecule has 0 aromatic heterocycles. The Morgan fingerprint density at radius 3 is 2.26 bits per heavy atom. The normalized spacial score (nSPS) is 25.9. The van der Waals surface area contributed by atoms with Gasteiger partial charge in [0.15, 0.2) is 0 Å². The molecule has 3 heterocycles. The van der Waals surface area contributed by atoms with Gasteiger partial charge in [-0.3, -0.25) is 4.90 Å². The van der Waals surface area contributed by atoms with Crippen molar-refractivity contribution in [1.29, 1.82) is 0 Å². The molecule has 5 aliphatic rings. The fraction of sp³-hybridized carbons (Fsp3) is 0.667. The first-order valence-corrected chi connectivity index (χ1v) is 17.7. The molecule has 2 aromatic rings. The summed E-state index contributed by atoms with van der Waals surface area (Å²) in [6.07, 6.45) is 11.2. The average Bonchev–Trinajstić information content (AvgIpc) is 3.64. The fourth-order valence-corrected chi connectivity index (χ4v) is 9.56. The van der Waals surface area contributed by atoms with E-state index >= 15 is 0 Å². The molecular formula is C36H54N4OS2. The molecule has 1 unspecified atom stereocenters. The van der Waals surface area contributed by atoms with Gasteiger partial charge >= 0.3 is 0 Å². The number of hydrogen-bond acceptors (Lipinski definition) is 6. The summed E-state index contributed by atoms with van der Waals surface area (Å²) in [6, 6.07) is 18.3. The quantitative estimate of drug-likeness (QED) is 0.194. The minimum atomic E-state index is 0. The summed E-state index contributed by atoms with van der Waals surface area (Å²) >= 11 is 1.48. The van der Waals surface area contributed by atoms with Crippen molar-refractivity contribution >= 4 is 31.4 Å². The number of likely N-dealkylation sites (tertiary alicyclic amines) is 1. The summed E-state index contributed by atoms with van der Waals surface area (Å²) in [5.74, 6) is 4.30. The number of hydrogen-bond donors (Lipinski definition) is 0. The number of fused-ring (bicyclic) bond motifs is 1. The summed E-state index contributed by atoms with van der Waals surface area (Å²) in [7, 11) is 2.13. The lowest BCUT2D eigenvalue weighted by atomic mass is 9.57. The van der Waals surface area contributed by atoms with Gasteiger partial charge in [0, 0.05) is 63.3 Å². The van der Waals surface area contributed by atoms with E-state index in [1.807, 2.05) is 0 Å². The maximum absolute atomic E-state index is 5.94. The number of nitrogens with zero attached hydrogens (tertiary/aromatic N) is 4. The van der Waals surface area contributed by atoms with Crippen LogP contribution in [-0.4, -0.2) is 73.5 Å². The number of anilines is 1. The van der Waals surface area contributed by atoms with Crippen molar-refractivity contribution in [2.75, 3.05) is 64.3 Å². The number of benzene rings is 2. The van der Waals surface area contributed by atoms with Crippen LogP contribution in [0.3, 0.4) is 0 Å². The van der Waals surface area contributed by atoms with E-state index in [9.17, 15) is 0 Å². The lowest BCUT2D eigenvalue weighted by Gasteiger charge is -2.54. The van der Waals surface area contributed by atoms with Gasteiger partial charge in [-0.2, -0.15) is 13.5 Å². The molecule has 0 spiro atoms. The first-order chi connectivity index (χ1) is 20.6. The molecular weight excluding hydrogens is 569 g/mol. The molecule has 5 nitrogen and oxygen atoms in total. The number of likely N-dealkylation sites (N-methyl/N-ethyl adjacent to an activating group) is 1. The highest BCUT2D eigenvalue weighted by Crippen LogP contribution is 2.53. The van der Waals surface area contributed by atoms with E-state index in [2.05, 4.69) is 81.5 Å². The third-order valence-electron chi connectivity index (χ3n) is 11.4. The average molecular weight is 623 g/mol. The zero-order valence-corrected chi connectivity index (χ0v) is 28.4. The fourth-order valence-electron chi connectivity index (χ4n) is 8.97. The van der Waals surface area contributed by atoms with Gasteiger partial charge in [-0.15, -0.1) is 0 Å². The van der Waals surface area contributed by atoms with Crippen LogP contribution in [0.4, 0.5) is 5.69 Å². The van der Waals surface area contributed by atoms with E-state index in [-0.39, 0.29) is 13.5 Å². The van der Waals surface area contributed by atoms with Crippen molar-refractivity contribution in [3.8, 4) is 5.75 Å². The highest BCUT2D eigenvalue weighted by molar-refractivity contribution is 7.92. The first-order valence-electron chi connectivity index (χ1n) is 17.0. The Labute approximate surface area is 272 Å². The van der Waals surface area contributed by atoms with Crippen molar-refractivity contribution in [2.24, 2.45) is 23.7 Å². The molecule has 7 rings (SSSR count).